The van der Waals surface area contributed by atoms with Crippen LogP contribution in [-0.2, 0) is 13.0 Å². The van der Waals surface area contributed by atoms with Crippen LogP contribution in [0.15, 0.2) is 30.6 Å². The van der Waals surface area contributed by atoms with Gasteiger partial charge in [0, 0.05) is 13.0 Å². The summed E-state index contributed by atoms with van der Waals surface area (Å²) in [5, 5.41) is 3.36. The van der Waals surface area contributed by atoms with Crippen molar-refractivity contribution in [2.45, 2.75) is 32.7 Å². The van der Waals surface area contributed by atoms with Gasteiger partial charge < -0.3 is 14.6 Å². The predicted molar refractivity (Wildman–Crippen MR) is 89.2 cm³/mol. The van der Waals surface area contributed by atoms with Gasteiger partial charge in [-0.05, 0) is 31.9 Å². The summed E-state index contributed by atoms with van der Waals surface area (Å²) < 4.78 is 7.88. The van der Waals surface area contributed by atoms with Gasteiger partial charge in [0.1, 0.15) is 17.9 Å². The van der Waals surface area contributed by atoms with Crippen molar-refractivity contribution in [1.82, 2.24) is 19.5 Å². The highest BCUT2D eigenvalue weighted by Gasteiger charge is 2.18. The molecule has 23 heavy (non-hydrogen) atoms. The number of benzene rings is 1. The zero-order valence-electron chi connectivity index (χ0n) is 13.1. The molecule has 4 rings (SSSR count). The van der Waals surface area contributed by atoms with Crippen LogP contribution >= 0.6 is 0 Å². The van der Waals surface area contributed by atoms with Crippen LogP contribution in [0.5, 0.6) is 5.75 Å². The Bertz CT molecular complexity index is 842. The Morgan fingerprint density at radius 3 is 3.04 bits per heavy atom. The van der Waals surface area contributed by atoms with Crippen molar-refractivity contribution in [3.63, 3.8) is 0 Å². The van der Waals surface area contributed by atoms with E-state index in [2.05, 4.69) is 19.9 Å². The second-order valence-electron chi connectivity index (χ2n) is 5.59. The molecule has 0 fully saturated rings. The van der Waals surface area contributed by atoms with Gasteiger partial charge in [-0.3, -0.25) is 0 Å². The van der Waals surface area contributed by atoms with Crippen LogP contribution in [-0.4, -0.2) is 26.1 Å². The largest absolute Gasteiger partial charge is 0.492 e. The molecule has 0 atom stereocenters. The molecule has 118 valence electrons. The number of rotatable bonds is 4. The molecule has 0 unspecified atom stereocenters. The van der Waals surface area contributed by atoms with Crippen LogP contribution in [0.3, 0.4) is 0 Å². The maximum Gasteiger partial charge on any atom is 0.165 e. The number of hydrogen-bond donors (Lipinski definition) is 1. The van der Waals surface area contributed by atoms with Crippen molar-refractivity contribution in [3.05, 3.63) is 36.4 Å². The number of nitrogens with one attached hydrogen (secondary N) is 1. The van der Waals surface area contributed by atoms with Gasteiger partial charge >= 0.3 is 0 Å². The predicted octanol–water partition coefficient (Wildman–Crippen LogP) is 3.30. The molecule has 0 saturated carbocycles. The van der Waals surface area contributed by atoms with Crippen LogP contribution in [0.2, 0.25) is 0 Å². The standard InChI is InChI=1S/C17H19N5O/c1-2-23-13-8-4-3-7-12(13)20-16-15-17(19-11-18-16)22-10-6-5-9-14(22)21-15/h3-4,7-8,11H,2,5-6,9-10H2,1H3,(H,18,19,20). The van der Waals surface area contributed by atoms with E-state index in [-0.39, 0.29) is 0 Å². The SMILES string of the molecule is CCOc1ccccc1Nc1ncnc2c1nc1n2CCCC1. The Kier molecular flexibility index (Phi) is 3.57. The van der Waals surface area contributed by atoms with E-state index in [0.717, 1.165) is 47.2 Å². The van der Waals surface area contributed by atoms with Gasteiger partial charge in [-0.1, -0.05) is 12.1 Å². The first-order valence-corrected chi connectivity index (χ1v) is 8.06. The molecular formula is C17H19N5O. The molecule has 1 aromatic carbocycles. The molecule has 0 bridgehead atoms. The summed E-state index contributed by atoms with van der Waals surface area (Å²) in [6.45, 7) is 3.58. The van der Waals surface area contributed by atoms with Gasteiger partial charge in [-0.2, -0.15) is 0 Å². The monoisotopic (exact) mass is 309 g/mol. The number of nitrogens with zero attached hydrogens (tertiary/aromatic N) is 4. The Morgan fingerprint density at radius 1 is 1.22 bits per heavy atom. The van der Waals surface area contributed by atoms with Crippen molar-refractivity contribution < 1.29 is 4.74 Å². The van der Waals surface area contributed by atoms with Crippen molar-refractivity contribution in [3.8, 4) is 5.75 Å². The maximum absolute atomic E-state index is 5.67. The van der Waals surface area contributed by atoms with Crippen molar-refractivity contribution in [2.24, 2.45) is 0 Å². The topological polar surface area (TPSA) is 64.9 Å². The molecule has 1 N–H and O–H groups in total. The maximum atomic E-state index is 5.67. The quantitative estimate of drug-likeness (QED) is 0.801. The molecule has 0 aliphatic carbocycles. The second kappa shape index (κ2) is 5.87. The molecule has 0 saturated heterocycles. The summed E-state index contributed by atoms with van der Waals surface area (Å²) in [5.41, 5.74) is 2.63. The minimum Gasteiger partial charge on any atom is -0.492 e. The van der Waals surface area contributed by atoms with Gasteiger partial charge in [0.25, 0.3) is 0 Å². The number of fused-ring (bicyclic) bond motifs is 3. The molecular weight excluding hydrogens is 290 g/mol. The fraction of sp³-hybridized carbons (Fsp3) is 0.353. The lowest BCUT2D eigenvalue weighted by atomic mass is 10.2. The van der Waals surface area contributed by atoms with Gasteiger partial charge in [-0.25, -0.2) is 15.0 Å². The molecule has 0 spiro atoms. The molecule has 6 heteroatoms. The van der Waals surface area contributed by atoms with Crippen LogP contribution in [0.4, 0.5) is 11.5 Å². The number of para-hydroxylation sites is 2. The van der Waals surface area contributed by atoms with Crippen LogP contribution < -0.4 is 10.1 Å². The Labute approximate surface area is 134 Å². The number of imidazole rings is 1. The smallest absolute Gasteiger partial charge is 0.165 e. The van der Waals surface area contributed by atoms with E-state index in [1.54, 1.807) is 6.33 Å². The normalized spacial score (nSPS) is 13.8. The summed E-state index contributed by atoms with van der Waals surface area (Å²) in [5.74, 6) is 2.64. The average Bonchev–Trinajstić information content (AvgIpc) is 2.97. The first-order chi connectivity index (χ1) is 11.4. The lowest BCUT2D eigenvalue weighted by Crippen LogP contribution is -2.10. The molecule has 2 aromatic heterocycles. The number of ether oxygens (including phenoxy) is 1. The zero-order chi connectivity index (χ0) is 15.6. The number of hydrogen-bond acceptors (Lipinski definition) is 5. The van der Waals surface area contributed by atoms with Crippen molar-refractivity contribution in [1.29, 1.82) is 0 Å². The molecule has 6 nitrogen and oxygen atoms in total. The van der Waals surface area contributed by atoms with Crippen molar-refractivity contribution >= 4 is 22.7 Å². The second-order valence-corrected chi connectivity index (χ2v) is 5.59. The third-order valence-corrected chi connectivity index (χ3v) is 4.08. The molecule has 0 radical (unpaired) electrons. The van der Waals surface area contributed by atoms with Gasteiger partial charge in [-0.15, -0.1) is 0 Å². The summed E-state index contributed by atoms with van der Waals surface area (Å²) in [6, 6.07) is 7.86. The van der Waals surface area contributed by atoms with E-state index in [1.807, 2.05) is 31.2 Å². The number of aromatic nitrogens is 4. The van der Waals surface area contributed by atoms with Crippen LogP contribution in [0.25, 0.3) is 11.2 Å². The molecule has 3 heterocycles. The molecule has 0 amide bonds. The zero-order valence-corrected chi connectivity index (χ0v) is 13.1. The fourth-order valence-electron chi connectivity index (χ4n) is 3.03. The first-order valence-electron chi connectivity index (χ1n) is 8.06. The molecule has 1 aliphatic heterocycles. The highest BCUT2D eigenvalue weighted by Crippen LogP contribution is 2.30. The number of anilines is 2. The van der Waals surface area contributed by atoms with Crippen molar-refractivity contribution in [2.75, 3.05) is 11.9 Å². The Hall–Kier alpha value is -2.63. The number of aryl methyl sites for hydroxylation is 2. The van der Waals surface area contributed by atoms with Crippen LogP contribution in [0.1, 0.15) is 25.6 Å². The van der Waals surface area contributed by atoms with E-state index in [9.17, 15) is 0 Å². The molecule has 1 aliphatic rings. The third-order valence-electron chi connectivity index (χ3n) is 4.08. The Balaban J connectivity index is 1.76. The van der Waals surface area contributed by atoms with Gasteiger partial charge in [0.2, 0.25) is 0 Å². The van der Waals surface area contributed by atoms with E-state index in [1.165, 1.54) is 12.8 Å². The van der Waals surface area contributed by atoms with E-state index in [4.69, 9.17) is 9.72 Å². The fourth-order valence-corrected chi connectivity index (χ4v) is 3.03. The summed E-state index contributed by atoms with van der Waals surface area (Å²) in [6.07, 6.45) is 4.97. The Morgan fingerprint density at radius 2 is 2.13 bits per heavy atom. The average molecular weight is 309 g/mol. The minimum atomic E-state index is 0.622. The van der Waals surface area contributed by atoms with Crippen LogP contribution in [0, 0.1) is 0 Å². The first kappa shape index (κ1) is 14.0. The summed E-state index contributed by atoms with van der Waals surface area (Å²) >= 11 is 0. The lowest BCUT2D eigenvalue weighted by Gasteiger charge is -2.13. The van der Waals surface area contributed by atoms with E-state index >= 15 is 0 Å². The highest BCUT2D eigenvalue weighted by atomic mass is 16.5. The van der Waals surface area contributed by atoms with E-state index in [0.29, 0.717) is 6.61 Å². The van der Waals surface area contributed by atoms with Gasteiger partial charge in [0.05, 0.1) is 12.3 Å². The highest BCUT2D eigenvalue weighted by molar-refractivity contribution is 5.86. The van der Waals surface area contributed by atoms with E-state index < -0.39 is 0 Å². The molecule has 3 aromatic rings. The van der Waals surface area contributed by atoms with Gasteiger partial charge in [0.15, 0.2) is 17.0 Å². The summed E-state index contributed by atoms with van der Waals surface area (Å²) in [7, 11) is 0. The lowest BCUT2D eigenvalue weighted by molar-refractivity contribution is 0.342. The third kappa shape index (κ3) is 2.50. The minimum absolute atomic E-state index is 0.622. The summed E-state index contributed by atoms with van der Waals surface area (Å²) in [4.78, 5) is 13.6.